The number of nitrogens with zero attached hydrogens (tertiary/aromatic N) is 6. The number of piperazine rings is 1. The number of likely N-dealkylation sites (tertiary alicyclic amines) is 1. The van der Waals surface area contributed by atoms with Crippen LogP contribution in [0.25, 0.3) is 10.9 Å². The van der Waals surface area contributed by atoms with Crippen LogP contribution in [0.2, 0.25) is 5.02 Å². The molecule has 1 atom stereocenters. The Morgan fingerprint density at radius 3 is 2.22 bits per heavy atom. The molecule has 3 aromatic carbocycles. The van der Waals surface area contributed by atoms with E-state index in [1.807, 2.05) is 11.0 Å². The van der Waals surface area contributed by atoms with Crippen molar-refractivity contribution in [3.8, 4) is 5.75 Å². The van der Waals surface area contributed by atoms with Gasteiger partial charge in [-0.1, -0.05) is 23.7 Å². The number of carbonyl (C=O) groups is 6. The summed E-state index contributed by atoms with van der Waals surface area (Å²) in [4.78, 5) is 93.1. The number of fused-ring (bicyclic) bond motifs is 2. The summed E-state index contributed by atoms with van der Waals surface area (Å²) in [6, 6.07) is 12.2. The van der Waals surface area contributed by atoms with Crippen molar-refractivity contribution < 1.29 is 61.6 Å². The Labute approximate surface area is 454 Å². The van der Waals surface area contributed by atoms with E-state index in [-0.39, 0.29) is 47.4 Å². The molecule has 0 spiro atoms. The molecule has 8 rings (SSSR count). The van der Waals surface area contributed by atoms with Gasteiger partial charge in [0, 0.05) is 79.1 Å². The van der Waals surface area contributed by atoms with Crippen molar-refractivity contribution in [1.29, 1.82) is 0 Å². The van der Waals surface area contributed by atoms with Crippen LogP contribution in [0.5, 0.6) is 5.75 Å². The Bertz CT molecular complexity index is 2780. The minimum atomic E-state index is -1.01. The molecule has 3 saturated heterocycles. The van der Waals surface area contributed by atoms with E-state index < -0.39 is 35.5 Å². The average Bonchev–Trinajstić information content (AvgIpc) is 3.78. The van der Waals surface area contributed by atoms with E-state index in [4.69, 9.17) is 40.0 Å². The molecule has 0 bridgehead atoms. The topological polar surface area (TPSA) is 233 Å². The average molecular weight is 1100 g/mol. The lowest BCUT2D eigenvalue weighted by Crippen LogP contribution is -2.54. The van der Waals surface area contributed by atoms with E-state index in [1.165, 1.54) is 43.4 Å². The van der Waals surface area contributed by atoms with Gasteiger partial charge in [0.2, 0.25) is 23.6 Å². The van der Waals surface area contributed by atoms with Gasteiger partial charge in [-0.05, 0) is 68.8 Å². The first-order valence-corrected chi connectivity index (χ1v) is 27.0. The number of imide groups is 2. The summed E-state index contributed by atoms with van der Waals surface area (Å²) >= 11 is 7.36. The van der Waals surface area contributed by atoms with Gasteiger partial charge in [-0.2, -0.15) is 0 Å². The van der Waals surface area contributed by atoms with Gasteiger partial charge >= 0.3 is 0 Å². The summed E-state index contributed by atoms with van der Waals surface area (Å²) in [5.74, 6) is -1.58. The molecule has 0 radical (unpaired) electrons. The lowest BCUT2D eigenvalue weighted by atomic mass is 10.0. The standard InChI is InChI=1S/C53H63ClFN9O12S/c1-71-44-32-41-38(50(57-34-56-41)58-35-7-8-40(55)39(54)30-35)31-42(44)59-46(65)6-3-13-61-14-11-36(12-15-61)62-16-18-63(19-17-62)48(67)33-76-27-26-74-23-22-72-20-21-73-24-25-75-28-29-77-45-5-2-4-37-49(45)53(70)64(52(37)69)43-9-10-47(66)60-51(43)68/h2-8,30-32,34,36,43H,9-29,33H2,1H3,(H,59,65)(H,56,57,58)(H,60,66,68)/b6-3+. The molecule has 21 nitrogen and oxygen atoms in total. The maximum atomic E-state index is 13.7. The van der Waals surface area contributed by atoms with E-state index in [2.05, 4.69) is 35.7 Å². The lowest BCUT2D eigenvalue weighted by Gasteiger charge is -2.42. The molecular formula is C53H63ClFN9O12S. The molecule has 3 fully saturated rings. The fourth-order valence-electron chi connectivity index (χ4n) is 9.39. The number of amides is 6. The zero-order valence-electron chi connectivity index (χ0n) is 42.8. The van der Waals surface area contributed by atoms with Crippen LogP contribution in [0.15, 0.2) is 71.9 Å². The summed E-state index contributed by atoms with van der Waals surface area (Å²) in [5.41, 5.74) is 2.08. The molecule has 4 aliphatic heterocycles. The quantitative estimate of drug-likeness (QED) is 0.0322. The maximum absolute atomic E-state index is 13.7. The normalized spacial score (nSPS) is 17.6. The molecule has 1 aromatic heterocycles. The first-order valence-electron chi connectivity index (χ1n) is 25.6. The van der Waals surface area contributed by atoms with Crippen molar-refractivity contribution in [3.05, 3.63) is 89.0 Å². The van der Waals surface area contributed by atoms with Crippen LogP contribution in [0, 0.1) is 5.82 Å². The molecule has 0 aliphatic carbocycles. The predicted octanol–water partition coefficient (Wildman–Crippen LogP) is 4.55. The van der Waals surface area contributed by atoms with E-state index in [0.717, 1.165) is 43.9 Å². The second-order valence-electron chi connectivity index (χ2n) is 18.4. The number of hydrogen-bond donors (Lipinski definition) is 3. The first kappa shape index (κ1) is 57.0. The molecule has 24 heteroatoms. The van der Waals surface area contributed by atoms with Gasteiger partial charge in [-0.25, -0.2) is 14.4 Å². The minimum Gasteiger partial charge on any atom is -0.494 e. The number of aromatic nitrogens is 2. The number of rotatable bonds is 27. The number of thioether (sulfide) groups is 1. The smallest absolute Gasteiger partial charge is 0.263 e. The highest BCUT2D eigenvalue weighted by molar-refractivity contribution is 7.99. The van der Waals surface area contributed by atoms with Gasteiger partial charge in [0.15, 0.2) is 0 Å². The van der Waals surface area contributed by atoms with Crippen LogP contribution in [0.1, 0.15) is 46.4 Å². The van der Waals surface area contributed by atoms with Crippen molar-refractivity contribution in [1.82, 2.24) is 34.9 Å². The predicted molar refractivity (Wildman–Crippen MR) is 284 cm³/mol. The number of ether oxygens (including phenoxy) is 6. The number of benzene rings is 3. The molecule has 5 heterocycles. The Hall–Kier alpha value is -6.15. The summed E-state index contributed by atoms with van der Waals surface area (Å²) < 4.78 is 47.3. The number of piperidine rings is 2. The van der Waals surface area contributed by atoms with E-state index >= 15 is 0 Å². The summed E-state index contributed by atoms with van der Waals surface area (Å²) in [7, 11) is 1.52. The van der Waals surface area contributed by atoms with Gasteiger partial charge in [0.1, 0.15) is 36.4 Å². The third-order valence-corrected chi connectivity index (χ3v) is 14.7. The summed E-state index contributed by atoms with van der Waals surface area (Å²) in [6.45, 7) is 8.69. The molecular weight excluding hydrogens is 1040 g/mol. The second kappa shape index (κ2) is 28.5. The lowest BCUT2D eigenvalue weighted by molar-refractivity contribution is -0.139. The fourth-order valence-corrected chi connectivity index (χ4v) is 10.5. The van der Waals surface area contributed by atoms with Crippen molar-refractivity contribution in [3.63, 3.8) is 0 Å². The number of halogens is 2. The van der Waals surface area contributed by atoms with E-state index in [1.54, 1.807) is 36.4 Å². The fraction of sp³-hybridized carbons (Fsp3) is 0.472. The number of nitrogens with one attached hydrogen (secondary N) is 3. The maximum Gasteiger partial charge on any atom is 0.263 e. The van der Waals surface area contributed by atoms with E-state index in [0.29, 0.717) is 130 Å². The van der Waals surface area contributed by atoms with Crippen LogP contribution in [0.3, 0.4) is 0 Å². The third-order valence-electron chi connectivity index (χ3n) is 13.4. The molecule has 0 saturated carbocycles. The molecule has 6 amide bonds. The zero-order chi connectivity index (χ0) is 54.1. The van der Waals surface area contributed by atoms with Crippen molar-refractivity contribution in [2.24, 2.45) is 0 Å². The van der Waals surface area contributed by atoms with Crippen molar-refractivity contribution >= 4 is 86.9 Å². The Morgan fingerprint density at radius 1 is 0.831 bits per heavy atom. The van der Waals surface area contributed by atoms with Gasteiger partial charge in [-0.3, -0.25) is 48.8 Å². The van der Waals surface area contributed by atoms with Crippen LogP contribution in [0.4, 0.5) is 21.6 Å². The largest absolute Gasteiger partial charge is 0.494 e. The number of carbonyl (C=O) groups excluding carboxylic acids is 6. The molecule has 1 unspecified atom stereocenters. The molecule has 77 heavy (non-hydrogen) atoms. The van der Waals surface area contributed by atoms with E-state index in [9.17, 15) is 33.2 Å². The summed E-state index contributed by atoms with van der Waals surface area (Å²) in [6.07, 6.45) is 6.94. The van der Waals surface area contributed by atoms with Crippen molar-refractivity contribution in [2.75, 3.05) is 135 Å². The van der Waals surface area contributed by atoms with Crippen LogP contribution < -0.4 is 20.7 Å². The van der Waals surface area contributed by atoms with Crippen molar-refractivity contribution in [2.45, 2.75) is 42.7 Å². The Balaban J connectivity index is 0.608. The number of hydrogen-bond acceptors (Lipinski definition) is 18. The zero-order valence-corrected chi connectivity index (χ0v) is 44.4. The number of anilines is 3. The Kier molecular flexibility index (Phi) is 21.1. The number of methoxy groups -OCH3 is 1. The molecule has 4 aromatic rings. The minimum absolute atomic E-state index is 0.00673. The van der Waals surface area contributed by atoms with Crippen LogP contribution in [-0.2, 0) is 42.9 Å². The third kappa shape index (κ3) is 15.5. The Morgan fingerprint density at radius 2 is 1.53 bits per heavy atom. The highest BCUT2D eigenvalue weighted by Gasteiger charge is 2.45. The van der Waals surface area contributed by atoms with Gasteiger partial charge in [0.25, 0.3) is 11.8 Å². The highest BCUT2D eigenvalue weighted by atomic mass is 35.5. The van der Waals surface area contributed by atoms with Gasteiger partial charge in [-0.15, -0.1) is 11.8 Å². The van der Waals surface area contributed by atoms with Crippen LogP contribution in [-0.4, -0.2) is 202 Å². The SMILES string of the molecule is COc1cc2ncnc(Nc3ccc(F)c(Cl)c3)c2cc1NC(=O)/C=C/CN1CCC(N2CCN(C(=O)COCCOCCOCCOCCOCCSc3cccc4c3C(=O)N(C3CCC(=O)NC3=O)C4=O)CC2)CC1. The second-order valence-corrected chi connectivity index (χ2v) is 19.9. The van der Waals surface area contributed by atoms with Gasteiger partial charge < -0.3 is 44.0 Å². The van der Waals surface area contributed by atoms with Crippen LogP contribution >= 0.6 is 23.4 Å². The highest BCUT2D eigenvalue weighted by Crippen LogP contribution is 2.36. The first-order chi connectivity index (χ1) is 37.5. The van der Waals surface area contributed by atoms with Gasteiger partial charge in [0.05, 0.1) is 93.9 Å². The molecule has 3 N–H and O–H groups in total. The monoisotopic (exact) mass is 1100 g/mol. The molecule has 412 valence electrons. The molecule has 4 aliphatic rings. The summed E-state index contributed by atoms with van der Waals surface area (Å²) in [5, 5.41) is 8.85.